The molecular weight excluding hydrogens is 344 g/mol. The molecule has 3 aromatic rings. The summed E-state index contributed by atoms with van der Waals surface area (Å²) in [5.74, 6) is 1.81. The number of H-pyrrole nitrogens is 1. The van der Waals surface area contributed by atoms with Crippen molar-refractivity contribution >= 4 is 15.9 Å². The summed E-state index contributed by atoms with van der Waals surface area (Å²) in [6, 6.07) is 8.40. The van der Waals surface area contributed by atoms with Gasteiger partial charge in [-0.25, -0.2) is 0 Å². The highest BCUT2D eigenvalue weighted by Crippen LogP contribution is 2.50. The van der Waals surface area contributed by atoms with Crippen molar-refractivity contribution < 1.29 is 4.52 Å². The van der Waals surface area contributed by atoms with Gasteiger partial charge in [0.15, 0.2) is 5.82 Å². The lowest BCUT2D eigenvalue weighted by Crippen LogP contribution is -2.27. The van der Waals surface area contributed by atoms with Crippen LogP contribution in [0.5, 0.6) is 0 Å². The Labute approximate surface area is 136 Å². The van der Waals surface area contributed by atoms with Gasteiger partial charge in [-0.15, -0.1) is 0 Å². The average Bonchev–Trinajstić information content (AvgIpc) is 3.03. The zero-order valence-corrected chi connectivity index (χ0v) is 13.7. The number of hydrogen-bond donors (Lipinski definition) is 1. The number of rotatable bonds is 4. The van der Waals surface area contributed by atoms with Crippen molar-refractivity contribution in [3.63, 3.8) is 0 Å². The molecule has 0 bridgehead atoms. The van der Waals surface area contributed by atoms with Crippen molar-refractivity contribution in [3.05, 3.63) is 52.5 Å². The normalized spacial score (nSPS) is 17.4. The maximum Gasteiger partial charge on any atom is 0.261 e. The number of nitrogens with zero attached hydrogens (tertiary/aromatic N) is 3. The molecule has 22 heavy (non-hydrogen) atoms. The molecule has 1 atom stereocenters. The molecule has 1 aliphatic carbocycles. The summed E-state index contributed by atoms with van der Waals surface area (Å²) in [5.41, 5.74) is 1.82. The molecule has 0 radical (unpaired) electrons. The van der Waals surface area contributed by atoms with Gasteiger partial charge >= 0.3 is 0 Å². The van der Waals surface area contributed by atoms with Crippen molar-refractivity contribution in [2.45, 2.75) is 25.2 Å². The van der Waals surface area contributed by atoms with E-state index in [2.05, 4.69) is 67.5 Å². The molecule has 2 aromatic heterocycles. The van der Waals surface area contributed by atoms with Crippen molar-refractivity contribution in [1.82, 2.24) is 20.3 Å². The van der Waals surface area contributed by atoms with Crippen LogP contribution in [0.15, 0.2) is 45.7 Å². The second kappa shape index (κ2) is 5.05. The van der Waals surface area contributed by atoms with Crippen molar-refractivity contribution in [3.8, 4) is 11.5 Å². The van der Waals surface area contributed by atoms with Gasteiger partial charge in [-0.1, -0.05) is 33.2 Å². The molecule has 1 fully saturated rings. The summed E-state index contributed by atoms with van der Waals surface area (Å²) in [7, 11) is 0. The third-order valence-electron chi connectivity index (χ3n) is 4.47. The first kappa shape index (κ1) is 13.7. The molecular formula is C16H15BrN4O. The summed E-state index contributed by atoms with van der Waals surface area (Å²) in [6.07, 6.45) is 5.83. The molecule has 4 rings (SSSR count). The zero-order chi connectivity index (χ0) is 15.2. The molecule has 5 nitrogen and oxygen atoms in total. The first-order valence-corrected chi connectivity index (χ1v) is 8.06. The maximum absolute atomic E-state index is 5.45. The Morgan fingerprint density at radius 2 is 2.05 bits per heavy atom. The zero-order valence-electron chi connectivity index (χ0n) is 12.1. The predicted molar refractivity (Wildman–Crippen MR) is 85.2 cm³/mol. The number of aromatic nitrogens is 4. The third kappa shape index (κ3) is 2.18. The molecule has 1 N–H and O–H groups in total. The van der Waals surface area contributed by atoms with E-state index in [9.17, 15) is 0 Å². The van der Waals surface area contributed by atoms with Crippen LogP contribution in [0.3, 0.4) is 0 Å². The van der Waals surface area contributed by atoms with Gasteiger partial charge in [0, 0.05) is 10.7 Å². The molecule has 6 heteroatoms. The summed E-state index contributed by atoms with van der Waals surface area (Å²) in [4.78, 5) is 4.64. The van der Waals surface area contributed by atoms with Crippen LogP contribution in [0.2, 0.25) is 0 Å². The van der Waals surface area contributed by atoms with E-state index in [4.69, 9.17) is 4.52 Å². The van der Waals surface area contributed by atoms with E-state index in [0.717, 1.165) is 15.9 Å². The van der Waals surface area contributed by atoms with Crippen LogP contribution in [0.25, 0.3) is 11.5 Å². The Bertz CT molecular complexity index is 777. The minimum Gasteiger partial charge on any atom is -0.334 e. The largest absolute Gasteiger partial charge is 0.334 e. The Kier molecular flexibility index (Phi) is 3.14. The van der Waals surface area contributed by atoms with E-state index in [1.807, 2.05) is 0 Å². The monoisotopic (exact) mass is 358 g/mol. The van der Waals surface area contributed by atoms with Crippen LogP contribution < -0.4 is 0 Å². The fraction of sp³-hybridized carbons (Fsp3) is 0.312. The second-order valence-electron chi connectivity index (χ2n) is 5.89. The molecule has 1 aromatic carbocycles. The minimum absolute atomic E-state index is 0.216. The van der Waals surface area contributed by atoms with Crippen LogP contribution >= 0.6 is 15.9 Å². The van der Waals surface area contributed by atoms with E-state index in [0.29, 0.717) is 11.8 Å². The van der Waals surface area contributed by atoms with Gasteiger partial charge in [-0.3, -0.25) is 5.10 Å². The van der Waals surface area contributed by atoms with Gasteiger partial charge < -0.3 is 4.52 Å². The first-order chi connectivity index (χ1) is 10.7. The summed E-state index contributed by atoms with van der Waals surface area (Å²) < 4.78 is 6.52. The van der Waals surface area contributed by atoms with Crippen molar-refractivity contribution in [2.24, 2.45) is 5.92 Å². The Morgan fingerprint density at radius 1 is 1.27 bits per heavy atom. The lowest BCUT2D eigenvalue weighted by molar-refractivity contribution is 0.386. The highest BCUT2D eigenvalue weighted by atomic mass is 79.9. The molecule has 1 aliphatic rings. The molecule has 0 spiro atoms. The Morgan fingerprint density at radius 3 is 2.68 bits per heavy atom. The highest BCUT2D eigenvalue weighted by molar-refractivity contribution is 9.10. The smallest absolute Gasteiger partial charge is 0.261 e. The number of nitrogens with one attached hydrogen (secondary N) is 1. The van der Waals surface area contributed by atoms with Crippen LogP contribution in [-0.4, -0.2) is 20.3 Å². The van der Waals surface area contributed by atoms with Crippen LogP contribution in [0.1, 0.15) is 31.2 Å². The first-order valence-electron chi connectivity index (χ1n) is 7.27. The third-order valence-corrected chi connectivity index (χ3v) is 5.00. The standard InChI is InChI=1S/C16H15BrN4O/c1-16(11-2-3-11,12-4-6-13(17)7-5-12)15-20-14(22-21-15)10-8-18-19-9-10/h4-9,11H,2-3H2,1H3,(H,18,19)/t16-/m1/s1. The van der Waals surface area contributed by atoms with Crippen molar-refractivity contribution in [1.29, 1.82) is 0 Å². The van der Waals surface area contributed by atoms with Crippen LogP contribution in [-0.2, 0) is 5.41 Å². The number of benzene rings is 1. The Balaban J connectivity index is 1.78. The van der Waals surface area contributed by atoms with Gasteiger partial charge in [0.1, 0.15) is 0 Å². The topological polar surface area (TPSA) is 67.6 Å². The average molecular weight is 359 g/mol. The summed E-state index contributed by atoms with van der Waals surface area (Å²) >= 11 is 3.49. The summed E-state index contributed by atoms with van der Waals surface area (Å²) in [6.45, 7) is 2.21. The van der Waals surface area contributed by atoms with Gasteiger partial charge in [-0.2, -0.15) is 10.1 Å². The molecule has 0 saturated heterocycles. The highest BCUT2D eigenvalue weighted by Gasteiger charge is 2.47. The molecule has 0 aliphatic heterocycles. The second-order valence-corrected chi connectivity index (χ2v) is 6.81. The number of hydrogen-bond acceptors (Lipinski definition) is 4. The summed E-state index contributed by atoms with van der Waals surface area (Å²) in [5, 5.41) is 11.0. The molecule has 0 amide bonds. The van der Waals surface area contributed by atoms with E-state index in [1.165, 1.54) is 18.4 Å². The lowest BCUT2D eigenvalue weighted by Gasteiger charge is -2.26. The number of aromatic amines is 1. The van der Waals surface area contributed by atoms with E-state index >= 15 is 0 Å². The molecule has 112 valence electrons. The van der Waals surface area contributed by atoms with Gasteiger partial charge in [-0.05, 0) is 43.4 Å². The van der Waals surface area contributed by atoms with Crippen LogP contribution in [0.4, 0.5) is 0 Å². The fourth-order valence-electron chi connectivity index (χ4n) is 2.92. The minimum atomic E-state index is -0.216. The van der Waals surface area contributed by atoms with Gasteiger partial charge in [0.05, 0.1) is 17.2 Å². The molecule has 0 unspecified atom stereocenters. The van der Waals surface area contributed by atoms with E-state index in [-0.39, 0.29) is 5.41 Å². The lowest BCUT2D eigenvalue weighted by atomic mass is 9.77. The van der Waals surface area contributed by atoms with Crippen molar-refractivity contribution in [2.75, 3.05) is 0 Å². The molecule has 2 heterocycles. The van der Waals surface area contributed by atoms with E-state index in [1.54, 1.807) is 12.4 Å². The van der Waals surface area contributed by atoms with Gasteiger partial charge in [0.25, 0.3) is 5.89 Å². The SMILES string of the molecule is C[C@@](c1ccc(Br)cc1)(c1noc(-c2cn[nH]c2)n1)C1CC1. The predicted octanol–water partition coefficient (Wildman–Crippen LogP) is 3.94. The fourth-order valence-corrected chi connectivity index (χ4v) is 3.19. The number of halogens is 1. The molecule has 1 saturated carbocycles. The quantitative estimate of drug-likeness (QED) is 0.766. The van der Waals surface area contributed by atoms with Gasteiger partial charge in [0.2, 0.25) is 0 Å². The van der Waals surface area contributed by atoms with Crippen LogP contribution in [0, 0.1) is 5.92 Å². The van der Waals surface area contributed by atoms with E-state index < -0.39 is 0 Å². The Hall–Kier alpha value is -1.95. The maximum atomic E-state index is 5.45.